The monoisotopic (exact) mass is 537 g/mol. The van der Waals surface area contributed by atoms with Crippen molar-refractivity contribution in [3.8, 4) is 0 Å². The van der Waals surface area contributed by atoms with E-state index in [9.17, 15) is 13.6 Å². The average molecular weight is 538 g/mol. The molecule has 0 fully saturated rings. The van der Waals surface area contributed by atoms with Crippen LogP contribution in [0.25, 0.3) is 10.2 Å². The van der Waals surface area contributed by atoms with E-state index < -0.39 is 23.8 Å². The van der Waals surface area contributed by atoms with Crippen LogP contribution in [0.4, 0.5) is 8.78 Å². The summed E-state index contributed by atoms with van der Waals surface area (Å²) >= 11 is 1.63. The minimum atomic E-state index is -0.662. The van der Waals surface area contributed by atoms with Gasteiger partial charge in [-0.3, -0.25) is 4.79 Å². The minimum absolute atomic E-state index is 0.172. The molecule has 2 atom stereocenters. The van der Waals surface area contributed by atoms with Crippen molar-refractivity contribution < 1.29 is 18.3 Å². The molecule has 0 amide bonds. The first kappa shape index (κ1) is 27.8. The molecule has 4 rings (SSSR count). The van der Waals surface area contributed by atoms with Gasteiger partial charge in [0.1, 0.15) is 17.7 Å². The number of esters is 1. The number of nitrogens with two attached hydrogens (primary N) is 1. The van der Waals surface area contributed by atoms with Crippen LogP contribution in [0.15, 0.2) is 66.7 Å². The number of hydrogen-bond acceptors (Lipinski definition) is 6. The maximum Gasteiger partial charge on any atom is 0.306 e. The number of ether oxygens (including phenoxy) is 1. The van der Waals surface area contributed by atoms with Gasteiger partial charge in [-0.25, -0.2) is 13.8 Å². The molecular formula is C30H33F2N3O2S. The van der Waals surface area contributed by atoms with E-state index in [1.54, 1.807) is 11.3 Å². The lowest BCUT2D eigenvalue weighted by molar-refractivity contribution is -0.150. The highest BCUT2D eigenvalue weighted by atomic mass is 32.1. The summed E-state index contributed by atoms with van der Waals surface area (Å²) in [5.74, 6) is -1.68. The number of hydrogen-bond donors (Lipinski definition) is 2. The minimum Gasteiger partial charge on any atom is -0.459 e. The summed E-state index contributed by atoms with van der Waals surface area (Å²) in [5, 5.41) is 4.31. The van der Waals surface area contributed by atoms with Crippen LogP contribution in [0.2, 0.25) is 0 Å². The summed E-state index contributed by atoms with van der Waals surface area (Å²) in [5.41, 5.74) is 10.2. The van der Waals surface area contributed by atoms with Crippen LogP contribution in [0.3, 0.4) is 0 Å². The number of fused-ring (bicyclic) bond motifs is 1. The second-order valence-corrected chi connectivity index (χ2v) is 10.5. The molecule has 8 heteroatoms. The molecule has 4 aromatic rings. The highest BCUT2D eigenvalue weighted by Crippen LogP contribution is 2.23. The number of carbonyl (C=O) groups excluding carboxylic acids is 1. The van der Waals surface area contributed by atoms with E-state index in [1.807, 2.05) is 36.4 Å². The molecular weight excluding hydrogens is 504 g/mol. The summed E-state index contributed by atoms with van der Waals surface area (Å²) in [6, 6.07) is 18.9. The van der Waals surface area contributed by atoms with E-state index in [0.717, 1.165) is 33.3 Å². The summed E-state index contributed by atoms with van der Waals surface area (Å²) in [6.45, 7) is 3.01. The highest BCUT2D eigenvalue weighted by Gasteiger charge is 2.23. The molecule has 1 aromatic heterocycles. The third-order valence-corrected chi connectivity index (χ3v) is 7.43. The standard InChI is InChI=1S/C30H33F2N3O2S/c1-2-20-7-5-8-21(13-20)18-34-19-27(25(33)16-22-14-23(31)17-24(32)15-22)37-30(36)12-6-11-29-35-26-9-3-4-10-28(26)38-29/h3-5,7-10,13-15,17,25,27,34H,2,6,11-12,16,18-19,33H2,1H3. The number of aromatic nitrogens is 1. The second-order valence-electron chi connectivity index (χ2n) is 9.41. The topological polar surface area (TPSA) is 77.2 Å². The molecule has 5 nitrogen and oxygen atoms in total. The van der Waals surface area contributed by atoms with Gasteiger partial charge in [0.2, 0.25) is 0 Å². The molecule has 2 unspecified atom stereocenters. The van der Waals surface area contributed by atoms with E-state index in [0.29, 0.717) is 31.5 Å². The van der Waals surface area contributed by atoms with Gasteiger partial charge in [0, 0.05) is 31.6 Å². The summed E-state index contributed by atoms with van der Waals surface area (Å²) in [4.78, 5) is 17.4. The van der Waals surface area contributed by atoms with Crippen LogP contribution >= 0.6 is 11.3 Å². The molecule has 3 aromatic carbocycles. The van der Waals surface area contributed by atoms with Gasteiger partial charge in [-0.15, -0.1) is 11.3 Å². The summed E-state index contributed by atoms with van der Waals surface area (Å²) in [6.07, 6.45) is 1.97. The van der Waals surface area contributed by atoms with Crippen LogP contribution in [-0.4, -0.2) is 29.6 Å². The van der Waals surface area contributed by atoms with Crippen LogP contribution in [0.1, 0.15) is 41.5 Å². The van der Waals surface area contributed by atoms with Gasteiger partial charge in [0.05, 0.1) is 15.2 Å². The van der Waals surface area contributed by atoms with E-state index in [4.69, 9.17) is 10.5 Å². The number of halogens is 2. The van der Waals surface area contributed by atoms with E-state index >= 15 is 0 Å². The summed E-state index contributed by atoms with van der Waals surface area (Å²) < 4.78 is 34.3. The second kappa shape index (κ2) is 13.6. The number of rotatable bonds is 13. The van der Waals surface area contributed by atoms with Crippen molar-refractivity contribution in [2.75, 3.05) is 6.54 Å². The van der Waals surface area contributed by atoms with Crippen LogP contribution < -0.4 is 11.1 Å². The Kier molecular flexibility index (Phi) is 9.92. The van der Waals surface area contributed by atoms with Gasteiger partial charge in [-0.05, 0) is 66.6 Å². The molecule has 3 N–H and O–H groups in total. The van der Waals surface area contributed by atoms with E-state index in [1.165, 1.54) is 17.7 Å². The molecule has 0 aliphatic rings. The SMILES string of the molecule is CCc1cccc(CNCC(OC(=O)CCCc2nc3ccccc3s2)C(N)Cc2cc(F)cc(F)c2)c1. The number of nitrogens with zero attached hydrogens (tertiary/aromatic N) is 1. The van der Waals surface area contributed by atoms with Crippen LogP contribution in [0, 0.1) is 11.6 Å². The Hall–Kier alpha value is -3.20. The molecule has 1 heterocycles. The predicted octanol–water partition coefficient (Wildman–Crippen LogP) is 5.73. The Morgan fingerprint density at radius 2 is 1.79 bits per heavy atom. The van der Waals surface area contributed by atoms with Crippen LogP contribution in [0.5, 0.6) is 0 Å². The van der Waals surface area contributed by atoms with Gasteiger partial charge in [0.25, 0.3) is 0 Å². The molecule has 0 aliphatic heterocycles. The Balaban J connectivity index is 1.35. The third-order valence-electron chi connectivity index (χ3n) is 6.34. The molecule has 0 spiro atoms. The Morgan fingerprint density at radius 3 is 2.55 bits per heavy atom. The lowest BCUT2D eigenvalue weighted by Crippen LogP contribution is -2.46. The van der Waals surface area contributed by atoms with E-state index in [2.05, 4.69) is 29.4 Å². The van der Waals surface area contributed by atoms with Gasteiger partial charge in [-0.1, -0.05) is 43.3 Å². The fourth-order valence-electron chi connectivity index (χ4n) is 4.37. The first-order valence-electron chi connectivity index (χ1n) is 12.9. The maximum absolute atomic E-state index is 13.7. The lowest BCUT2D eigenvalue weighted by atomic mass is 10.0. The van der Waals surface area contributed by atoms with Crippen molar-refractivity contribution in [1.82, 2.24) is 10.3 Å². The Bertz CT molecular complexity index is 1310. The quantitative estimate of drug-likeness (QED) is 0.213. The average Bonchev–Trinajstić information content (AvgIpc) is 3.30. The molecule has 0 saturated heterocycles. The first-order valence-corrected chi connectivity index (χ1v) is 13.7. The number of thiazole rings is 1. The molecule has 0 saturated carbocycles. The lowest BCUT2D eigenvalue weighted by Gasteiger charge is -2.25. The molecule has 0 bridgehead atoms. The van der Waals surface area contributed by atoms with Crippen molar-refractivity contribution in [2.24, 2.45) is 5.73 Å². The van der Waals surface area contributed by atoms with Gasteiger partial charge < -0.3 is 15.8 Å². The number of carbonyl (C=O) groups is 1. The molecule has 0 aliphatic carbocycles. The zero-order valence-electron chi connectivity index (χ0n) is 21.5. The highest BCUT2D eigenvalue weighted by molar-refractivity contribution is 7.18. The van der Waals surface area contributed by atoms with Crippen LogP contribution in [-0.2, 0) is 35.3 Å². The number of benzene rings is 3. The summed E-state index contributed by atoms with van der Waals surface area (Å²) in [7, 11) is 0. The molecule has 200 valence electrons. The van der Waals surface area contributed by atoms with Gasteiger partial charge in [0.15, 0.2) is 0 Å². The normalized spacial score (nSPS) is 12.9. The van der Waals surface area contributed by atoms with E-state index in [-0.39, 0.29) is 18.8 Å². The number of para-hydroxylation sites is 1. The number of nitrogens with one attached hydrogen (secondary N) is 1. The van der Waals surface area contributed by atoms with Crippen molar-refractivity contribution in [1.29, 1.82) is 0 Å². The third kappa shape index (κ3) is 8.15. The predicted molar refractivity (Wildman–Crippen MR) is 148 cm³/mol. The smallest absolute Gasteiger partial charge is 0.306 e. The number of aryl methyl sites for hydroxylation is 2. The van der Waals surface area contributed by atoms with Crippen molar-refractivity contribution in [2.45, 2.75) is 57.7 Å². The molecule has 38 heavy (non-hydrogen) atoms. The zero-order valence-corrected chi connectivity index (χ0v) is 22.3. The zero-order chi connectivity index (χ0) is 26.9. The fraction of sp³-hybridized carbons (Fsp3) is 0.333. The largest absolute Gasteiger partial charge is 0.459 e. The maximum atomic E-state index is 13.7. The van der Waals surface area contributed by atoms with Gasteiger partial charge in [-0.2, -0.15) is 0 Å². The Morgan fingerprint density at radius 1 is 1.03 bits per heavy atom. The first-order chi connectivity index (χ1) is 18.4. The Labute approximate surface area is 226 Å². The van der Waals surface area contributed by atoms with Crippen molar-refractivity contribution in [3.63, 3.8) is 0 Å². The molecule has 0 radical (unpaired) electrons. The fourth-order valence-corrected chi connectivity index (χ4v) is 5.38. The van der Waals surface area contributed by atoms with Crippen molar-refractivity contribution >= 4 is 27.5 Å². The van der Waals surface area contributed by atoms with Crippen molar-refractivity contribution in [3.05, 3.63) is 100 Å². The van der Waals surface area contributed by atoms with Gasteiger partial charge >= 0.3 is 5.97 Å².